The van der Waals surface area contributed by atoms with Gasteiger partial charge in [-0.2, -0.15) is 34.1 Å². The zero-order valence-corrected chi connectivity index (χ0v) is 39.9. The van der Waals surface area contributed by atoms with Crippen LogP contribution in [0.4, 0.5) is 22.7 Å². The molecule has 9 rings (SSSR count). The average molecular weight is 1040 g/mol. The maximum absolute atomic E-state index is 13.7. The fourth-order valence-corrected chi connectivity index (χ4v) is 11.4. The molecular weight excluding hydrogens is 1000 g/mol. The zero-order chi connectivity index (χ0) is 52.4. The molecule has 4 aromatic rings. The molecule has 0 N–H and O–H groups in total. The molecule has 22 heteroatoms. The second kappa shape index (κ2) is 19.7. The van der Waals surface area contributed by atoms with Crippen LogP contribution in [0.25, 0.3) is 0 Å². The van der Waals surface area contributed by atoms with E-state index in [1.165, 1.54) is 134 Å². The normalized spacial score (nSPS) is 20.5. The molecule has 4 aliphatic heterocycles. The van der Waals surface area contributed by atoms with Gasteiger partial charge in [-0.15, -0.1) is 0 Å². The van der Waals surface area contributed by atoms with E-state index in [-0.39, 0.29) is 48.4 Å². The van der Waals surface area contributed by atoms with Crippen LogP contribution in [-0.4, -0.2) is 64.0 Å². The Labute approximate surface area is 422 Å². The van der Waals surface area contributed by atoms with Crippen molar-refractivity contribution < 1.29 is 74.8 Å². The summed E-state index contributed by atoms with van der Waals surface area (Å²) in [6, 6.07) is 29.9. The minimum Gasteiger partial charge on any atom is -0.574 e. The lowest BCUT2D eigenvalue weighted by Crippen LogP contribution is -2.57. The molecule has 0 unspecified atom stereocenters. The molecular formula is C52H38N4O16S2-2. The molecule has 2 spiro atoms. The summed E-state index contributed by atoms with van der Waals surface area (Å²) < 4.78 is 79.1. The summed E-state index contributed by atoms with van der Waals surface area (Å²) >= 11 is 0. The number of allylic oxidation sites excluding steroid dienone is 8. The third-order valence-corrected chi connectivity index (χ3v) is 15.2. The Morgan fingerprint density at radius 3 is 0.919 bits per heavy atom. The van der Waals surface area contributed by atoms with Crippen LogP contribution in [-0.2, 0) is 68.1 Å². The van der Waals surface area contributed by atoms with Crippen molar-refractivity contribution in [3.8, 4) is 0 Å². The number of carbonyl (C=O) groups is 6. The second-order valence-electron chi connectivity index (χ2n) is 16.5. The molecule has 376 valence electrons. The molecule has 20 nitrogen and oxygen atoms in total. The first-order valence-corrected chi connectivity index (χ1v) is 25.1. The van der Waals surface area contributed by atoms with Crippen LogP contribution in [0.5, 0.6) is 0 Å². The zero-order valence-electron chi connectivity index (χ0n) is 38.3. The van der Waals surface area contributed by atoms with Gasteiger partial charge in [0.25, 0.3) is 23.6 Å². The first kappa shape index (κ1) is 49.7. The second-order valence-corrected chi connectivity index (χ2v) is 19.7. The largest absolute Gasteiger partial charge is 0.574 e. The summed E-state index contributed by atoms with van der Waals surface area (Å²) in [5, 5.41) is 26.4. The number of carbonyl (C=O) groups excluding carboxylic acids is 6. The monoisotopic (exact) mass is 1040 g/mol. The predicted molar refractivity (Wildman–Crippen MR) is 259 cm³/mol. The number of rotatable bonds is 10. The summed E-state index contributed by atoms with van der Waals surface area (Å²) in [7, 11) is -9.43. The molecule has 0 aromatic heterocycles. The van der Waals surface area contributed by atoms with Crippen LogP contribution in [0.1, 0.15) is 25.7 Å². The summed E-state index contributed by atoms with van der Waals surface area (Å²) in [6.45, 7) is 0. The van der Waals surface area contributed by atoms with Crippen LogP contribution in [0.15, 0.2) is 216 Å². The van der Waals surface area contributed by atoms with Gasteiger partial charge in [0, 0.05) is 25.7 Å². The van der Waals surface area contributed by atoms with Crippen LogP contribution >= 0.6 is 0 Å². The highest BCUT2D eigenvalue weighted by Crippen LogP contribution is 2.46. The van der Waals surface area contributed by atoms with Gasteiger partial charge in [0.2, 0.25) is 0 Å². The highest BCUT2D eigenvalue weighted by molar-refractivity contribution is 7.96. The molecule has 3 fully saturated rings. The van der Waals surface area contributed by atoms with Gasteiger partial charge in [-0.05, 0) is 72.8 Å². The number of para-hydroxylation sites is 4. The Balaban J connectivity index is 0.845. The molecule has 2 saturated heterocycles. The van der Waals surface area contributed by atoms with Crippen molar-refractivity contribution >= 4 is 78.7 Å². The molecule has 5 aliphatic rings. The summed E-state index contributed by atoms with van der Waals surface area (Å²) in [5.41, 5.74) is -2.09. The molecule has 0 bridgehead atoms. The average Bonchev–Trinajstić information content (AvgIpc) is 3.37. The Bertz CT molecular complexity index is 3100. The van der Waals surface area contributed by atoms with Crippen molar-refractivity contribution in [3.05, 3.63) is 216 Å². The van der Waals surface area contributed by atoms with Crippen LogP contribution in [0.2, 0.25) is 0 Å². The number of anilines is 4. The van der Waals surface area contributed by atoms with Gasteiger partial charge < -0.3 is 29.2 Å². The first-order valence-electron chi connectivity index (χ1n) is 22.3. The number of hydrogen-bond acceptors (Lipinski definition) is 16. The summed E-state index contributed by atoms with van der Waals surface area (Å²) in [6.07, 6.45) is 10.8. The van der Waals surface area contributed by atoms with Crippen molar-refractivity contribution in [1.29, 1.82) is 0 Å². The van der Waals surface area contributed by atoms with Crippen molar-refractivity contribution in [3.63, 3.8) is 0 Å². The molecule has 4 amide bonds. The minimum absolute atomic E-state index is 0.00896. The van der Waals surface area contributed by atoms with E-state index in [1.807, 2.05) is 0 Å². The lowest BCUT2D eigenvalue weighted by Gasteiger charge is -2.53. The van der Waals surface area contributed by atoms with E-state index in [0.717, 1.165) is 24.3 Å². The van der Waals surface area contributed by atoms with Crippen molar-refractivity contribution in [2.45, 2.75) is 37.3 Å². The maximum Gasteiger partial charge on any atom is 0.341 e. The Morgan fingerprint density at radius 2 is 0.662 bits per heavy atom. The van der Waals surface area contributed by atoms with E-state index in [1.54, 1.807) is 24.3 Å². The summed E-state index contributed by atoms with van der Waals surface area (Å²) in [4.78, 5) is 80.7. The SMILES string of the molecule is O=C1OC2(CCC3(CC2)OC(=O)C(/C=C/C=C/C=C2C(=O)N(c4ccccc4)S(=O)(=O)N(c4ccccc4)C2=O)=C([O-])O3)OC([O-])=C1/C=C/C=C/C=C1C(=O)N(c2ccccc2)S(=O)(=O)N(c2ccccc2)C1=O. The van der Waals surface area contributed by atoms with Gasteiger partial charge >= 0.3 is 32.4 Å². The van der Waals surface area contributed by atoms with Crippen molar-refractivity contribution in [1.82, 2.24) is 0 Å². The number of ether oxygens (including phenoxy) is 4. The van der Waals surface area contributed by atoms with E-state index >= 15 is 0 Å². The van der Waals surface area contributed by atoms with Gasteiger partial charge in [-0.3, -0.25) is 19.2 Å². The standard InChI is InChI=1S/C52H40N4O16S2/c57-43-39(44(58)54(36-21-9-2-10-22-36)73(65,66)53(43)35-19-7-1-8-20-35)27-15-5-17-29-41-47(61)69-51(70-48(41)62)31-33-52(34-32-51)71-49(63)42(50(64)72-52)30-18-6-16-28-40-45(59)55(37-23-11-3-12-24-37)74(67,68)56(46(40)60)38-25-13-4-14-26-38/h1-30,61,63H,31-34H2/p-2/b15-5+,16-6+,29-17+,30-18+. The van der Waals surface area contributed by atoms with E-state index in [9.17, 15) is 55.8 Å². The van der Waals surface area contributed by atoms with Crippen LogP contribution in [0.3, 0.4) is 0 Å². The molecule has 74 heavy (non-hydrogen) atoms. The van der Waals surface area contributed by atoms with E-state index < -0.39 is 102 Å². The number of benzene rings is 4. The smallest absolute Gasteiger partial charge is 0.341 e. The third kappa shape index (κ3) is 9.25. The van der Waals surface area contributed by atoms with E-state index in [0.29, 0.717) is 17.2 Å². The van der Waals surface area contributed by atoms with Crippen molar-refractivity contribution in [2.24, 2.45) is 0 Å². The lowest BCUT2D eigenvalue weighted by atomic mass is 9.87. The Morgan fingerprint density at radius 1 is 0.392 bits per heavy atom. The topological polar surface area (TPSA) is 267 Å². The minimum atomic E-state index is -4.71. The number of hydrogen-bond donors (Lipinski definition) is 0. The predicted octanol–water partition coefficient (Wildman–Crippen LogP) is 3.97. The fourth-order valence-electron chi connectivity index (χ4n) is 8.28. The molecule has 0 atom stereocenters. The Kier molecular flexibility index (Phi) is 13.2. The van der Waals surface area contributed by atoms with Gasteiger partial charge in [0.05, 0.1) is 45.8 Å². The lowest BCUT2D eigenvalue weighted by molar-refractivity contribution is -0.422. The number of esters is 2. The molecule has 1 aliphatic carbocycles. The highest BCUT2D eigenvalue weighted by Gasteiger charge is 2.51. The van der Waals surface area contributed by atoms with Gasteiger partial charge in [-0.1, -0.05) is 109 Å². The maximum atomic E-state index is 13.7. The third-order valence-electron chi connectivity index (χ3n) is 11.8. The van der Waals surface area contributed by atoms with E-state index in [2.05, 4.69) is 0 Å². The summed E-state index contributed by atoms with van der Waals surface area (Å²) in [5.74, 6) is -12.3. The number of amides is 4. The first-order chi connectivity index (χ1) is 35.5. The molecule has 1 saturated carbocycles. The Hall–Kier alpha value is -9.28. The van der Waals surface area contributed by atoms with Gasteiger partial charge in [-0.25, -0.2) is 9.59 Å². The quantitative estimate of drug-likeness (QED) is 0.0941. The molecule has 4 heterocycles. The van der Waals surface area contributed by atoms with E-state index in [4.69, 9.17) is 18.9 Å². The van der Waals surface area contributed by atoms with Crippen LogP contribution < -0.4 is 27.4 Å². The molecule has 0 radical (unpaired) electrons. The highest BCUT2D eigenvalue weighted by atomic mass is 32.2. The van der Waals surface area contributed by atoms with Crippen LogP contribution in [0, 0.1) is 0 Å². The van der Waals surface area contributed by atoms with Gasteiger partial charge in [0.15, 0.2) is 11.6 Å². The fraction of sp³-hybridized carbons (Fsp3) is 0.115. The molecule has 4 aromatic carbocycles. The van der Waals surface area contributed by atoms with Gasteiger partial charge in [0.1, 0.15) is 11.1 Å². The number of nitrogens with zero attached hydrogens (tertiary/aromatic N) is 4. The van der Waals surface area contributed by atoms with Crippen molar-refractivity contribution in [2.75, 3.05) is 17.2 Å².